The van der Waals surface area contributed by atoms with Gasteiger partial charge >= 0.3 is 0 Å². The van der Waals surface area contributed by atoms with Crippen molar-refractivity contribution >= 4 is 0 Å². The molecule has 0 radical (unpaired) electrons. The van der Waals surface area contributed by atoms with Gasteiger partial charge in [-0.3, -0.25) is 0 Å². The molecule has 0 amide bonds. The molecule has 1 aromatic rings. The Hall–Kier alpha value is -1.22. The van der Waals surface area contributed by atoms with E-state index in [1.165, 1.54) is 5.56 Å². The van der Waals surface area contributed by atoms with Gasteiger partial charge in [0.2, 0.25) is 0 Å². The molecule has 1 aliphatic heterocycles. The van der Waals surface area contributed by atoms with Crippen LogP contribution in [0.2, 0.25) is 0 Å². The Labute approximate surface area is 102 Å². The number of ether oxygens (including phenoxy) is 2. The maximum absolute atomic E-state index is 9.69. The van der Waals surface area contributed by atoms with Gasteiger partial charge in [-0.1, -0.05) is 19.4 Å². The molecule has 0 aromatic heterocycles. The van der Waals surface area contributed by atoms with Gasteiger partial charge in [0.05, 0.1) is 6.10 Å². The first kappa shape index (κ1) is 12.2. The zero-order chi connectivity index (χ0) is 12.1. The lowest BCUT2D eigenvalue weighted by Gasteiger charge is -2.19. The molecule has 1 atom stereocenters. The molecule has 1 aliphatic rings. The molecule has 1 unspecified atom stereocenters. The summed E-state index contributed by atoms with van der Waals surface area (Å²) < 4.78 is 11.0. The minimum Gasteiger partial charge on any atom is -0.486 e. The molecule has 0 saturated heterocycles. The van der Waals surface area contributed by atoms with Crippen LogP contribution in [0, 0.1) is 0 Å². The van der Waals surface area contributed by atoms with Gasteiger partial charge in [0.25, 0.3) is 0 Å². The van der Waals surface area contributed by atoms with Gasteiger partial charge in [-0.15, -0.1) is 0 Å². The maximum Gasteiger partial charge on any atom is 0.161 e. The van der Waals surface area contributed by atoms with E-state index in [1.807, 2.05) is 18.2 Å². The van der Waals surface area contributed by atoms with Crippen molar-refractivity contribution in [1.29, 1.82) is 0 Å². The summed E-state index contributed by atoms with van der Waals surface area (Å²) in [6, 6.07) is 6.02. The first-order valence-electron chi connectivity index (χ1n) is 6.36. The minimum atomic E-state index is -0.187. The third kappa shape index (κ3) is 3.37. The molecule has 0 fully saturated rings. The van der Waals surface area contributed by atoms with Crippen LogP contribution in [0.25, 0.3) is 0 Å². The minimum absolute atomic E-state index is 0.187. The Balaban J connectivity index is 1.93. The Kier molecular flexibility index (Phi) is 4.26. The summed E-state index contributed by atoms with van der Waals surface area (Å²) in [6.07, 6.45) is 3.42. The first-order valence-corrected chi connectivity index (χ1v) is 6.36. The van der Waals surface area contributed by atoms with Gasteiger partial charge in [-0.2, -0.15) is 0 Å². The SMILES string of the molecule is CCCC(O)CCc1ccc2c(c1)OCCO2. The third-order valence-corrected chi connectivity index (χ3v) is 2.99. The van der Waals surface area contributed by atoms with Crippen LogP contribution < -0.4 is 9.47 Å². The number of aryl methyl sites for hydroxylation is 1. The second-order valence-corrected chi connectivity index (χ2v) is 4.46. The van der Waals surface area contributed by atoms with E-state index in [0.717, 1.165) is 37.2 Å². The standard InChI is InChI=1S/C14H20O3/c1-2-3-12(15)6-4-11-5-7-13-14(10-11)17-9-8-16-13/h5,7,10,12,15H,2-4,6,8-9H2,1H3. The van der Waals surface area contributed by atoms with E-state index in [2.05, 4.69) is 6.92 Å². The maximum atomic E-state index is 9.69. The summed E-state index contributed by atoms with van der Waals surface area (Å²) >= 11 is 0. The molecule has 0 saturated carbocycles. The van der Waals surface area contributed by atoms with Crippen molar-refractivity contribution in [2.45, 2.75) is 38.7 Å². The summed E-state index contributed by atoms with van der Waals surface area (Å²) in [5.74, 6) is 1.66. The molecule has 3 nitrogen and oxygen atoms in total. The zero-order valence-corrected chi connectivity index (χ0v) is 10.3. The van der Waals surface area contributed by atoms with Crippen molar-refractivity contribution in [3.05, 3.63) is 23.8 Å². The van der Waals surface area contributed by atoms with Crippen LogP contribution in [0.15, 0.2) is 18.2 Å². The van der Waals surface area contributed by atoms with E-state index >= 15 is 0 Å². The van der Waals surface area contributed by atoms with E-state index in [9.17, 15) is 5.11 Å². The third-order valence-electron chi connectivity index (χ3n) is 2.99. The molecule has 17 heavy (non-hydrogen) atoms. The number of hydrogen-bond donors (Lipinski definition) is 1. The van der Waals surface area contributed by atoms with E-state index in [0.29, 0.717) is 13.2 Å². The van der Waals surface area contributed by atoms with E-state index in [-0.39, 0.29) is 6.10 Å². The fourth-order valence-corrected chi connectivity index (χ4v) is 2.05. The highest BCUT2D eigenvalue weighted by atomic mass is 16.6. The Bertz CT molecular complexity index is 362. The molecule has 1 N–H and O–H groups in total. The van der Waals surface area contributed by atoms with Crippen molar-refractivity contribution in [3.63, 3.8) is 0 Å². The summed E-state index contributed by atoms with van der Waals surface area (Å²) in [4.78, 5) is 0. The molecule has 1 heterocycles. The Morgan fingerprint density at radius 2 is 1.94 bits per heavy atom. The monoisotopic (exact) mass is 236 g/mol. The smallest absolute Gasteiger partial charge is 0.161 e. The second-order valence-electron chi connectivity index (χ2n) is 4.46. The normalized spacial score (nSPS) is 15.6. The van der Waals surface area contributed by atoms with Gasteiger partial charge < -0.3 is 14.6 Å². The van der Waals surface area contributed by atoms with Crippen LogP contribution in [0.1, 0.15) is 31.7 Å². The molecular formula is C14H20O3. The molecule has 3 heteroatoms. The fourth-order valence-electron chi connectivity index (χ4n) is 2.05. The van der Waals surface area contributed by atoms with E-state index < -0.39 is 0 Å². The van der Waals surface area contributed by atoms with Crippen LogP contribution >= 0.6 is 0 Å². The number of benzene rings is 1. The van der Waals surface area contributed by atoms with Crippen molar-refractivity contribution in [1.82, 2.24) is 0 Å². The molecule has 2 rings (SSSR count). The highest BCUT2D eigenvalue weighted by molar-refractivity contribution is 5.43. The van der Waals surface area contributed by atoms with Crippen LogP contribution in [0.5, 0.6) is 11.5 Å². The number of hydrogen-bond acceptors (Lipinski definition) is 3. The molecule has 1 aromatic carbocycles. The van der Waals surface area contributed by atoms with Crippen LogP contribution in [0.4, 0.5) is 0 Å². The van der Waals surface area contributed by atoms with E-state index in [1.54, 1.807) is 0 Å². The Morgan fingerprint density at radius 1 is 1.18 bits per heavy atom. The lowest BCUT2D eigenvalue weighted by atomic mass is 10.0. The quantitative estimate of drug-likeness (QED) is 0.854. The average molecular weight is 236 g/mol. The van der Waals surface area contributed by atoms with Gasteiger partial charge in [0.15, 0.2) is 11.5 Å². The van der Waals surface area contributed by atoms with Crippen molar-refractivity contribution in [3.8, 4) is 11.5 Å². The lowest BCUT2D eigenvalue weighted by molar-refractivity contribution is 0.153. The van der Waals surface area contributed by atoms with Crippen molar-refractivity contribution in [2.75, 3.05) is 13.2 Å². The highest BCUT2D eigenvalue weighted by Crippen LogP contribution is 2.31. The summed E-state index contributed by atoms with van der Waals surface area (Å²) in [5.41, 5.74) is 1.20. The van der Waals surface area contributed by atoms with E-state index in [4.69, 9.17) is 9.47 Å². The number of aliphatic hydroxyl groups excluding tert-OH is 1. The zero-order valence-electron chi connectivity index (χ0n) is 10.3. The first-order chi connectivity index (χ1) is 8.29. The fraction of sp³-hybridized carbons (Fsp3) is 0.571. The summed E-state index contributed by atoms with van der Waals surface area (Å²) in [5, 5.41) is 9.69. The van der Waals surface area contributed by atoms with Crippen LogP contribution in [0.3, 0.4) is 0 Å². The molecule has 0 aliphatic carbocycles. The average Bonchev–Trinajstić information content (AvgIpc) is 2.36. The van der Waals surface area contributed by atoms with Crippen LogP contribution in [-0.4, -0.2) is 24.4 Å². The van der Waals surface area contributed by atoms with Crippen molar-refractivity contribution in [2.24, 2.45) is 0 Å². The summed E-state index contributed by atoms with van der Waals surface area (Å²) in [6.45, 7) is 3.34. The largest absolute Gasteiger partial charge is 0.486 e. The second kappa shape index (κ2) is 5.92. The predicted molar refractivity (Wildman–Crippen MR) is 66.7 cm³/mol. The number of fused-ring (bicyclic) bond motifs is 1. The molecule has 0 spiro atoms. The van der Waals surface area contributed by atoms with Gasteiger partial charge in [-0.05, 0) is 37.0 Å². The molecule has 94 valence electrons. The molecular weight excluding hydrogens is 216 g/mol. The highest BCUT2D eigenvalue weighted by Gasteiger charge is 2.12. The summed E-state index contributed by atoms with van der Waals surface area (Å²) in [7, 11) is 0. The van der Waals surface area contributed by atoms with Crippen LogP contribution in [-0.2, 0) is 6.42 Å². The lowest BCUT2D eigenvalue weighted by Crippen LogP contribution is -2.15. The molecule has 0 bridgehead atoms. The Morgan fingerprint density at radius 3 is 2.71 bits per heavy atom. The van der Waals surface area contributed by atoms with Crippen molar-refractivity contribution < 1.29 is 14.6 Å². The number of rotatable bonds is 5. The predicted octanol–water partition coefficient (Wildman–Crippen LogP) is 2.55. The van der Waals surface area contributed by atoms with Gasteiger partial charge in [0.1, 0.15) is 13.2 Å². The number of aliphatic hydroxyl groups is 1. The van der Waals surface area contributed by atoms with Gasteiger partial charge in [-0.25, -0.2) is 0 Å². The topological polar surface area (TPSA) is 38.7 Å². The van der Waals surface area contributed by atoms with Gasteiger partial charge in [0, 0.05) is 0 Å².